The first kappa shape index (κ1) is 34.4. The van der Waals surface area contributed by atoms with Gasteiger partial charge in [-0.05, 0) is 46.5 Å². The smallest absolute Gasteiger partial charge is 0.172 e. The summed E-state index contributed by atoms with van der Waals surface area (Å²) in [7, 11) is 0. The van der Waals surface area contributed by atoms with Gasteiger partial charge in [-0.25, -0.2) is 9.97 Å². The summed E-state index contributed by atoms with van der Waals surface area (Å²) in [5, 5.41) is 8.89. The van der Waals surface area contributed by atoms with Crippen molar-refractivity contribution in [1.29, 1.82) is 0 Å². The van der Waals surface area contributed by atoms with Crippen molar-refractivity contribution in [3.05, 3.63) is 83.6 Å². The van der Waals surface area contributed by atoms with E-state index >= 15 is 0 Å². The molecule has 3 aromatic heterocycles. The van der Waals surface area contributed by atoms with Crippen LogP contribution in [0.4, 0.5) is 0 Å². The molecule has 0 spiro atoms. The first-order chi connectivity index (χ1) is 24.8. The largest absolute Gasteiger partial charge is 0.489 e. The molecule has 4 aromatic carbocycles. The molecule has 258 valence electrons. The van der Waals surface area contributed by atoms with Gasteiger partial charge in [-0.15, -0.1) is 22.7 Å². The molecule has 4 nitrogen and oxygen atoms in total. The summed E-state index contributed by atoms with van der Waals surface area (Å²) in [6.07, 6.45) is 14.5. The molecule has 0 N–H and O–H groups in total. The second-order valence-corrected chi connectivity index (χ2v) is 15.2. The Morgan fingerprint density at radius 3 is 1.24 bits per heavy atom. The van der Waals surface area contributed by atoms with Gasteiger partial charge in [-0.3, -0.25) is 0 Å². The minimum absolute atomic E-state index is 0.641. The fourth-order valence-corrected chi connectivity index (χ4v) is 8.67. The molecule has 0 aliphatic carbocycles. The number of nitrogens with zero attached hydrogens (tertiary/aromatic N) is 2. The second kappa shape index (κ2) is 16.8. The zero-order valence-electron chi connectivity index (χ0n) is 29.5. The van der Waals surface area contributed by atoms with Crippen molar-refractivity contribution in [1.82, 2.24) is 9.97 Å². The molecule has 0 aliphatic heterocycles. The van der Waals surface area contributed by atoms with Crippen LogP contribution in [-0.2, 0) is 0 Å². The fourth-order valence-electron chi connectivity index (χ4n) is 7.14. The summed E-state index contributed by atoms with van der Waals surface area (Å²) in [6, 6.07) is 25.8. The van der Waals surface area contributed by atoms with Crippen molar-refractivity contribution in [2.24, 2.45) is 0 Å². The summed E-state index contributed by atoms with van der Waals surface area (Å²) in [5.41, 5.74) is 5.56. The Morgan fingerprint density at radius 1 is 0.440 bits per heavy atom. The van der Waals surface area contributed by atoms with Gasteiger partial charge < -0.3 is 9.47 Å². The fraction of sp³-hybridized carbons (Fsp3) is 0.364. The monoisotopic (exact) mass is 700 g/mol. The number of thiophene rings is 2. The van der Waals surface area contributed by atoms with Gasteiger partial charge in [0.05, 0.1) is 35.4 Å². The molecule has 0 amide bonds. The van der Waals surface area contributed by atoms with E-state index in [0.29, 0.717) is 13.2 Å². The third kappa shape index (κ3) is 7.24. The molecule has 3 heterocycles. The highest BCUT2D eigenvalue weighted by molar-refractivity contribution is 7.14. The summed E-state index contributed by atoms with van der Waals surface area (Å²) < 4.78 is 13.9. The summed E-state index contributed by atoms with van der Waals surface area (Å²) >= 11 is 3.44. The number of hydrogen-bond acceptors (Lipinski definition) is 6. The molecule has 0 saturated carbocycles. The highest BCUT2D eigenvalue weighted by Crippen LogP contribution is 2.52. The highest BCUT2D eigenvalue weighted by atomic mass is 32.1. The van der Waals surface area contributed by atoms with Crippen LogP contribution in [0.2, 0.25) is 0 Å². The van der Waals surface area contributed by atoms with Crippen LogP contribution in [0.3, 0.4) is 0 Å². The predicted molar refractivity (Wildman–Crippen MR) is 216 cm³/mol. The minimum atomic E-state index is 0.641. The normalized spacial score (nSPS) is 11.7. The van der Waals surface area contributed by atoms with Crippen LogP contribution in [-0.4, -0.2) is 23.2 Å². The van der Waals surface area contributed by atoms with E-state index in [1.807, 2.05) is 0 Å². The SMILES string of the molecule is CCCCCCCCOc1c(OCCCCCCCC)c(-c2cccs2)c2nc3c4ccccc4c4ccccc4c3nc2c1-c1cccs1. The van der Waals surface area contributed by atoms with Crippen LogP contribution < -0.4 is 9.47 Å². The minimum Gasteiger partial charge on any atom is -0.489 e. The molecule has 0 fully saturated rings. The molecular formula is C44H48N2O2S2. The highest BCUT2D eigenvalue weighted by Gasteiger charge is 2.28. The molecule has 7 rings (SSSR count). The lowest BCUT2D eigenvalue weighted by Gasteiger charge is -2.22. The maximum Gasteiger partial charge on any atom is 0.172 e. The first-order valence-electron chi connectivity index (χ1n) is 18.7. The number of benzene rings is 4. The van der Waals surface area contributed by atoms with E-state index in [1.165, 1.54) is 62.1 Å². The van der Waals surface area contributed by atoms with Crippen LogP contribution in [0.15, 0.2) is 83.6 Å². The number of ether oxygens (including phenoxy) is 2. The lowest BCUT2D eigenvalue weighted by Crippen LogP contribution is -2.07. The third-order valence-corrected chi connectivity index (χ3v) is 11.5. The standard InChI is InChI=1S/C44H48N2O2S2/c1-3-5-7-9-11-17-27-47-43-37(35-25-19-29-49-35)41-42(38(36-26-20-30-50-36)44(43)48-28-18-12-10-8-6-4-2)46-40-34-24-16-14-22-32(34)31-21-13-15-23-33(31)39(40)45-41/h13-16,19-26,29-30H,3-12,17-18,27-28H2,1-2H3. The van der Waals surface area contributed by atoms with Crippen molar-refractivity contribution < 1.29 is 9.47 Å². The topological polar surface area (TPSA) is 44.2 Å². The number of aromatic nitrogens is 2. The zero-order valence-corrected chi connectivity index (χ0v) is 31.1. The van der Waals surface area contributed by atoms with Gasteiger partial charge in [0.2, 0.25) is 0 Å². The van der Waals surface area contributed by atoms with E-state index in [9.17, 15) is 0 Å². The predicted octanol–water partition coefficient (Wildman–Crippen LogP) is 14.0. The molecule has 7 aromatic rings. The van der Waals surface area contributed by atoms with Gasteiger partial charge in [-0.2, -0.15) is 0 Å². The van der Waals surface area contributed by atoms with Gasteiger partial charge in [0.15, 0.2) is 11.5 Å². The van der Waals surface area contributed by atoms with Crippen molar-refractivity contribution in [2.45, 2.75) is 90.9 Å². The summed E-state index contributed by atoms with van der Waals surface area (Å²) in [4.78, 5) is 13.5. The van der Waals surface area contributed by atoms with Gasteiger partial charge in [0, 0.05) is 20.5 Å². The lowest BCUT2D eigenvalue weighted by molar-refractivity contribution is 0.260. The van der Waals surface area contributed by atoms with Crippen molar-refractivity contribution in [3.8, 4) is 32.4 Å². The lowest BCUT2D eigenvalue weighted by atomic mass is 9.97. The molecule has 0 saturated heterocycles. The van der Waals surface area contributed by atoms with Crippen molar-refractivity contribution >= 4 is 66.3 Å². The van der Waals surface area contributed by atoms with E-state index in [4.69, 9.17) is 19.4 Å². The molecule has 0 bridgehead atoms. The second-order valence-electron chi connectivity index (χ2n) is 13.3. The van der Waals surface area contributed by atoms with Crippen molar-refractivity contribution in [3.63, 3.8) is 0 Å². The van der Waals surface area contributed by atoms with Crippen LogP contribution >= 0.6 is 22.7 Å². The number of rotatable bonds is 18. The third-order valence-electron chi connectivity index (χ3n) is 9.71. The van der Waals surface area contributed by atoms with Crippen LogP contribution in [0.1, 0.15) is 90.9 Å². The average molecular weight is 701 g/mol. The Bertz CT molecular complexity index is 2000. The maximum atomic E-state index is 6.94. The summed E-state index contributed by atoms with van der Waals surface area (Å²) in [6.45, 7) is 5.82. The first-order valence-corrected chi connectivity index (χ1v) is 20.5. The van der Waals surface area contributed by atoms with E-state index in [2.05, 4.69) is 97.4 Å². The Hall–Kier alpha value is -4.00. The van der Waals surface area contributed by atoms with Crippen LogP contribution in [0.25, 0.3) is 64.5 Å². The molecule has 50 heavy (non-hydrogen) atoms. The van der Waals surface area contributed by atoms with Gasteiger partial charge in [-0.1, -0.05) is 139 Å². The molecule has 0 atom stereocenters. The van der Waals surface area contributed by atoms with Gasteiger partial charge in [0.25, 0.3) is 0 Å². The number of unbranched alkanes of at least 4 members (excludes halogenated alkanes) is 10. The average Bonchev–Trinajstić information content (AvgIpc) is 3.89. The maximum absolute atomic E-state index is 6.94. The molecular weight excluding hydrogens is 653 g/mol. The Kier molecular flexibility index (Phi) is 11.6. The molecule has 0 aliphatic rings. The molecule has 0 unspecified atom stereocenters. The molecule has 0 radical (unpaired) electrons. The summed E-state index contributed by atoms with van der Waals surface area (Å²) in [5.74, 6) is 1.61. The van der Waals surface area contributed by atoms with E-state index < -0.39 is 0 Å². The van der Waals surface area contributed by atoms with Gasteiger partial charge in [0.1, 0.15) is 11.0 Å². The number of hydrogen-bond donors (Lipinski definition) is 0. The number of fused-ring (bicyclic) bond motifs is 7. The Balaban J connectivity index is 1.45. The van der Waals surface area contributed by atoms with Crippen molar-refractivity contribution in [2.75, 3.05) is 13.2 Å². The van der Waals surface area contributed by atoms with Gasteiger partial charge >= 0.3 is 0 Å². The van der Waals surface area contributed by atoms with Crippen LogP contribution in [0.5, 0.6) is 11.5 Å². The Morgan fingerprint density at radius 2 is 0.840 bits per heavy atom. The van der Waals surface area contributed by atoms with Crippen LogP contribution in [0, 0.1) is 0 Å². The molecule has 6 heteroatoms. The van der Waals surface area contributed by atoms with E-state index in [0.717, 1.165) is 90.9 Å². The van der Waals surface area contributed by atoms with E-state index in [1.54, 1.807) is 22.7 Å². The Labute approximate surface area is 304 Å². The van der Waals surface area contributed by atoms with E-state index in [-0.39, 0.29) is 0 Å². The zero-order chi connectivity index (χ0) is 34.1. The quantitative estimate of drug-likeness (QED) is 0.0508.